The number of nitrogens with one attached hydrogen (secondary N) is 4. The van der Waals surface area contributed by atoms with Crippen molar-refractivity contribution in [3.8, 4) is 17.1 Å². The van der Waals surface area contributed by atoms with Gasteiger partial charge in [-0.15, -0.1) is 0 Å². The highest BCUT2D eigenvalue weighted by molar-refractivity contribution is 5.97. The molecule has 2 aliphatic heterocycles. The van der Waals surface area contributed by atoms with E-state index < -0.39 is 42.5 Å². The average Bonchev–Trinajstić information content (AvgIpc) is 3.50. The molecule has 46 heavy (non-hydrogen) atoms. The lowest BCUT2D eigenvalue weighted by Gasteiger charge is -2.23. The van der Waals surface area contributed by atoms with Gasteiger partial charge in [-0.3, -0.25) is 24.2 Å². The molecule has 6 rings (SSSR count). The Kier molecular flexibility index (Phi) is 10.3. The number of hydrogen-bond donors (Lipinski definition) is 5. The number of nitrogens with zero attached hydrogens (tertiary/aromatic N) is 4. The van der Waals surface area contributed by atoms with Gasteiger partial charge in [0.15, 0.2) is 5.82 Å². The van der Waals surface area contributed by atoms with Crippen molar-refractivity contribution in [3.63, 3.8) is 0 Å². The Morgan fingerprint density at radius 1 is 1.00 bits per heavy atom. The molecule has 0 saturated heterocycles. The van der Waals surface area contributed by atoms with Crippen LogP contribution in [0, 0.1) is 0 Å². The van der Waals surface area contributed by atoms with Crippen LogP contribution < -0.4 is 26.0 Å². The third kappa shape index (κ3) is 8.09. The molecule has 2 aromatic carbocycles. The van der Waals surface area contributed by atoms with Crippen molar-refractivity contribution in [2.75, 3.05) is 19.8 Å². The third-order valence-electron chi connectivity index (χ3n) is 7.16. The first-order valence-electron chi connectivity index (χ1n) is 14.7. The highest BCUT2D eigenvalue weighted by Gasteiger charge is 2.29. The number of pyridine rings is 1. The summed E-state index contributed by atoms with van der Waals surface area (Å²) in [5, 5.41) is 25.4. The molecule has 238 valence electrons. The second-order valence-corrected chi connectivity index (χ2v) is 10.6. The molecule has 2 bridgehead atoms. The standard InChI is InChI=1S/C32H34N8O6/c1-20-29-38-28(22-7-3-2-4-8-22)39-40(29)18-27(42)34-15-16-46-23-12-10-21(11-13-23)17-25(31(44)37-26(19-41)32(45)35-20)36-30(43)24-9-5-6-14-33-24/h2-14,20,25-26,41H,15-19H2,1H3,(H,34,42)(H,35,45)(H,36,43)(H,37,44)/t20-,25-,26-/m0/s1. The number of aliphatic hydroxyl groups is 1. The second kappa shape index (κ2) is 14.9. The number of fused-ring (bicyclic) bond motifs is 14. The predicted octanol–water partition coefficient (Wildman–Crippen LogP) is 0.544. The Hall–Kier alpha value is -5.63. The van der Waals surface area contributed by atoms with E-state index in [-0.39, 0.29) is 43.5 Å². The number of carbonyl (C=O) groups is 4. The molecule has 14 nitrogen and oxygen atoms in total. The van der Waals surface area contributed by atoms with E-state index in [0.717, 1.165) is 0 Å². The summed E-state index contributed by atoms with van der Waals surface area (Å²) in [6.07, 6.45) is 1.53. The number of benzene rings is 2. The lowest BCUT2D eigenvalue weighted by atomic mass is 10.0. The van der Waals surface area contributed by atoms with E-state index in [2.05, 4.69) is 36.3 Å². The molecule has 0 unspecified atom stereocenters. The predicted molar refractivity (Wildman–Crippen MR) is 165 cm³/mol. The zero-order valence-corrected chi connectivity index (χ0v) is 25.1. The molecular weight excluding hydrogens is 592 g/mol. The number of carbonyl (C=O) groups excluding carboxylic acids is 4. The first-order chi connectivity index (χ1) is 22.3. The summed E-state index contributed by atoms with van der Waals surface area (Å²) in [4.78, 5) is 61.3. The summed E-state index contributed by atoms with van der Waals surface area (Å²) >= 11 is 0. The second-order valence-electron chi connectivity index (χ2n) is 10.6. The molecule has 4 amide bonds. The van der Waals surface area contributed by atoms with Crippen LogP contribution in [0.1, 0.15) is 34.8 Å². The molecule has 2 aromatic heterocycles. The Balaban J connectivity index is 1.42. The number of hydrogen-bond acceptors (Lipinski definition) is 9. The van der Waals surface area contributed by atoms with Gasteiger partial charge < -0.3 is 31.1 Å². The average molecular weight is 627 g/mol. The van der Waals surface area contributed by atoms with Crippen molar-refractivity contribution in [1.29, 1.82) is 0 Å². The maximum Gasteiger partial charge on any atom is 0.270 e. The SMILES string of the molecule is C[C@@H]1NC(=O)[C@H](CO)NC(=O)[C@@H](NC(=O)c2ccccn2)Cc2ccc(cc2)OCCNC(=O)Cn2nc(-c3ccccc3)nc21. The van der Waals surface area contributed by atoms with Gasteiger partial charge in [0, 0.05) is 18.2 Å². The quantitative estimate of drug-likeness (QED) is 0.215. The van der Waals surface area contributed by atoms with Gasteiger partial charge in [-0.25, -0.2) is 9.67 Å². The van der Waals surface area contributed by atoms with Crippen LogP contribution in [-0.2, 0) is 27.3 Å². The zero-order valence-electron chi connectivity index (χ0n) is 25.1. The summed E-state index contributed by atoms with van der Waals surface area (Å²) < 4.78 is 7.17. The molecule has 4 aromatic rings. The third-order valence-corrected chi connectivity index (χ3v) is 7.16. The van der Waals surface area contributed by atoms with E-state index in [1.807, 2.05) is 30.3 Å². The Bertz CT molecular complexity index is 1660. The molecule has 0 fully saturated rings. The lowest BCUT2D eigenvalue weighted by Crippen LogP contribution is -2.56. The summed E-state index contributed by atoms with van der Waals surface area (Å²) in [6.45, 7) is 1.18. The number of aromatic nitrogens is 4. The van der Waals surface area contributed by atoms with Crippen LogP contribution in [0.3, 0.4) is 0 Å². The van der Waals surface area contributed by atoms with Gasteiger partial charge in [-0.05, 0) is 36.8 Å². The fourth-order valence-corrected chi connectivity index (χ4v) is 4.79. The number of rotatable bonds is 4. The van der Waals surface area contributed by atoms with Crippen LogP contribution in [-0.4, -0.2) is 80.3 Å². The molecule has 4 heterocycles. The van der Waals surface area contributed by atoms with Crippen LogP contribution in [0.2, 0.25) is 0 Å². The van der Waals surface area contributed by atoms with Gasteiger partial charge in [0.2, 0.25) is 17.7 Å². The minimum Gasteiger partial charge on any atom is -0.492 e. The van der Waals surface area contributed by atoms with Crippen LogP contribution in [0.4, 0.5) is 0 Å². The number of aliphatic hydroxyl groups excluding tert-OH is 1. The van der Waals surface area contributed by atoms with Crippen molar-refractivity contribution in [2.45, 2.75) is 38.0 Å². The van der Waals surface area contributed by atoms with E-state index in [1.165, 1.54) is 16.9 Å². The monoisotopic (exact) mass is 626 g/mol. The van der Waals surface area contributed by atoms with Crippen molar-refractivity contribution in [1.82, 2.24) is 41.0 Å². The molecule has 2 aliphatic rings. The Labute approximate surface area is 264 Å². The van der Waals surface area contributed by atoms with Crippen LogP contribution in [0.15, 0.2) is 79.0 Å². The van der Waals surface area contributed by atoms with Crippen molar-refractivity contribution in [3.05, 3.63) is 96.1 Å². The maximum absolute atomic E-state index is 13.5. The van der Waals surface area contributed by atoms with Gasteiger partial charge in [-0.2, -0.15) is 5.10 Å². The van der Waals surface area contributed by atoms with Crippen molar-refractivity contribution >= 4 is 23.6 Å². The topological polar surface area (TPSA) is 189 Å². The summed E-state index contributed by atoms with van der Waals surface area (Å²) in [6, 6.07) is 17.7. The van der Waals surface area contributed by atoms with Gasteiger partial charge in [0.05, 0.1) is 19.2 Å². The van der Waals surface area contributed by atoms with Gasteiger partial charge >= 0.3 is 0 Å². The summed E-state index contributed by atoms with van der Waals surface area (Å²) in [5.74, 6) is -1.12. The highest BCUT2D eigenvalue weighted by atomic mass is 16.5. The molecule has 14 heteroatoms. The van der Waals surface area contributed by atoms with Crippen LogP contribution in [0.25, 0.3) is 11.4 Å². The summed E-state index contributed by atoms with van der Waals surface area (Å²) in [7, 11) is 0. The largest absolute Gasteiger partial charge is 0.492 e. The van der Waals surface area contributed by atoms with E-state index in [0.29, 0.717) is 22.7 Å². The number of ether oxygens (including phenoxy) is 1. The van der Waals surface area contributed by atoms with E-state index in [4.69, 9.17) is 4.74 Å². The van der Waals surface area contributed by atoms with Gasteiger partial charge in [0.1, 0.15) is 42.5 Å². The smallest absolute Gasteiger partial charge is 0.270 e. The molecule has 0 radical (unpaired) electrons. The number of amides is 4. The van der Waals surface area contributed by atoms with Crippen LogP contribution in [0.5, 0.6) is 5.75 Å². The first kappa shape index (κ1) is 31.8. The maximum atomic E-state index is 13.5. The normalized spacial score (nSPS) is 19.5. The zero-order chi connectivity index (χ0) is 32.5. The Morgan fingerprint density at radius 3 is 2.48 bits per heavy atom. The molecule has 0 saturated carbocycles. The minimum absolute atomic E-state index is 0.0717. The van der Waals surface area contributed by atoms with Gasteiger partial charge in [-0.1, -0.05) is 48.5 Å². The van der Waals surface area contributed by atoms with Crippen LogP contribution >= 0.6 is 0 Å². The van der Waals surface area contributed by atoms with Gasteiger partial charge in [0.25, 0.3) is 5.91 Å². The summed E-state index contributed by atoms with van der Waals surface area (Å²) in [5.41, 5.74) is 1.52. The molecule has 0 aliphatic carbocycles. The molecule has 3 atom stereocenters. The van der Waals surface area contributed by atoms with E-state index in [9.17, 15) is 24.3 Å². The molecule has 0 spiro atoms. The lowest BCUT2D eigenvalue weighted by molar-refractivity contribution is -0.131. The van der Waals surface area contributed by atoms with E-state index in [1.54, 1.807) is 43.3 Å². The van der Waals surface area contributed by atoms with Crippen molar-refractivity contribution in [2.24, 2.45) is 0 Å². The molecule has 5 N–H and O–H groups in total. The van der Waals surface area contributed by atoms with Crippen molar-refractivity contribution < 1.29 is 29.0 Å². The van der Waals surface area contributed by atoms with E-state index >= 15 is 0 Å². The fraction of sp³-hybridized carbons (Fsp3) is 0.281. The Morgan fingerprint density at radius 2 is 1.76 bits per heavy atom. The fourth-order valence-electron chi connectivity index (χ4n) is 4.79. The minimum atomic E-state index is -1.36. The molecular formula is C32H34N8O6. The first-order valence-corrected chi connectivity index (χ1v) is 14.7. The highest BCUT2D eigenvalue weighted by Crippen LogP contribution is 2.19.